The Balaban J connectivity index is 2.77. The van der Waals surface area contributed by atoms with Crippen LogP contribution in [0.25, 0.3) is 0 Å². The molecule has 0 saturated carbocycles. The predicted molar refractivity (Wildman–Crippen MR) is 18.6 cm³/mol. The fourth-order valence-electron chi connectivity index (χ4n) is 0.0712. The molecule has 0 atom stereocenters. The first-order valence-electron chi connectivity index (χ1n) is 1.36. The summed E-state index contributed by atoms with van der Waals surface area (Å²) < 4.78 is 0. The van der Waals surface area contributed by atoms with Crippen molar-refractivity contribution >= 4 is 0 Å². The maximum atomic E-state index is 7.66. The van der Waals surface area contributed by atoms with Crippen molar-refractivity contribution in [3.05, 3.63) is 0 Å². The van der Waals surface area contributed by atoms with E-state index in [1.54, 1.807) is 11.0 Å². The number of rotatable bonds is 2. The molecule has 2 N–H and O–H groups in total. The van der Waals surface area contributed by atoms with Crippen LogP contribution in [0.2, 0.25) is 0 Å². The van der Waals surface area contributed by atoms with E-state index < -0.39 is 0 Å². The van der Waals surface area contributed by atoms with Crippen molar-refractivity contribution in [1.82, 2.24) is 11.0 Å². The SMILES string of the molecule is N#CNONC#N. The van der Waals surface area contributed by atoms with E-state index in [-0.39, 0.29) is 0 Å². The molecule has 7 heavy (non-hydrogen) atoms. The molecule has 0 heterocycles. The molecule has 36 valence electrons. The van der Waals surface area contributed by atoms with E-state index in [0.717, 1.165) is 0 Å². The molecule has 0 aromatic heterocycles. The summed E-state index contributed by atoms with van der Waals surface area (Å²) in [5.74, 6) is 0. The van der Waals surface area contributed by atoms with Crippen molar-refractivity contribution in [2.75, 3.05) is 0 Å². The number of nitrogens with one attached hydrogen (secondary N) is 2. The quantitative estimate of drug-likeness (QED) is 0.200. The largest absolute Gasteiger partial charge is 0.204 e. The fourth-order valence-corrected chi connectivity index (χ4v) is 0.0712. The summed E-state index contributed by atoms with van der Waals surface area (Å²) in [7, 11) is 0. The Morgan fingerprint density at radius 1 is 1.14 bits per heavy atom. The lowest BCUT2D eigenvalue weighted by atomic mass is 11.4. The standard InChI is InChI=1S/C2H2N4O/c3-1-5-7-6-2-4/h5-6H. The van der Waals surface area contributed by atoms with Gasteiger partial charge in [0, 0.05) is 0 Å². The van der Waals surface area contributed by atoms with Gasteiger partial charge in [-0.05, 0) is 0 Å². The monoisotopic (exact) mass is 98.0 g/mol. The lowest BCUT2D eigenvalue weighted by Crippen LogP contribution is -2.16. The van der Waals surface area contributed by atoms with E-state index in [0.29, 0.717) is 0 Å². The third-order valence-corrected chi connectivity index (χ3v) is 0.193. The van der Waals surface area contributed by atoms with Gasteiger partial charge in [0.1, 0.15) is 0 Å². The average molecular weight is 98.1 g/mol. The lowest BCUT2D eigenvalue weighted by Gasteiger charge is -1.87. The Hall–Kier alpha value is -1.46. The van der Waals surface area contributed by atoms with Gasteiger partial charge in [0.15, 0.2) is 0 Å². The van der Waals surface area contributed by atoms with Gasteiger partial charge in [-0.3, -0.25) is 0 Å². The zero-order valence-corrected chi connectivity index (χ0v) is 3.30. The normalized spacial score (nSPS) is 5.43. The van der Waals surface area contributed by atoms with Crippen LogP contribution in [-0.4, -0.2) is 0 Å². The zero-order valence-electron chi connectivity index (χ0n) is 3.30. The summed E-state index contributed by atoms with van der Waals surface area (Å²) in [6, 6.07) is 0. The van der Waals surface area contributed by atoms with Gasteiger partial charge in [-0.1, -0.05) is 0 Å². The summed E-state index contributed by atoms with van der Waals surface area (Å²) >= 11 is 0. The Labute approximate surface area is 40.0 Å². The van der Waals surface area contributed by atoms with Crippen molar-refractivity contribution in [3.63, 3.8) is 0 Å². The van der Waals surface area contributed by atoms with Crippen LogP contribution in [0.4, 0.5) is 0 Å². The van der Waals surface area contributed by atoms with Crippen LogP contribution in [0.15, 0.2) is 0 Å². The average Bonchev–Trinajstić information content (AvgIpc) is 1.69. The summed E-state index contributed by atoms with van der Waals surface area (Å²) in [6.07, 6.45) is 2.83. The van der Waals surface area contributed by atoms with Crippen molar-refractivity contribution in [2.24, 2.45) is 0 Å². The second kappa shape index (κ2) is 4.54. The first kappa shape index (κ1) is 5.54. The molecular formula is C2H2N4O. The fraction of sp³-hybridized carbons (Fsp3) is 0. The van der Waals surface area contributed by atoms with E-state index in [1.807, 2.05) is 0 Å². The topological polar surface area (TPSA) is 80.9 Å². The highest BCUT2D eigenvalue weighted by molar-refractivity contribution is 4.56. The van der Waals surface area contributed by atoms with E-state index in [2.05, 4.69) is 4.94 Å². The molecule has 0 spiro atoms. The van der Waals surface area contributed by atoms with Gasteiger partial charge in [0.2, 0.25) is 12.4 Å². The second-order valence-electron chi connectivity index (χ2n) is 0.530. The van der Waals surface area contributed by atoms with E-state index in [1.165, 1.54) is 12.4 Å². The van der Waals surface area contributed by atoms with Gasteiger partial charge < -0.3 is 0 Å². The highest BCUT2D eigenvalue weighted by atomic mass is 16.8. The van der Waals surface area contributed by atoms with Crippen LogP contribution in [0.1, 0.15) is 0 Å². The lowest BCUT2D eigenvalue weighted by molar-refractivity contribution is 0.0215. The number of hydrogen-bond acceptors (Lipinski definition) is 5. The first-order chi connectivity index (χ1) is 3.41. The molecule has 0 aliphatic carbocycles. The molecule has 0 saturated heterocycles. The zero-order chi connectivity index (χ0) is 5.54. The number of nitrogens with zero attached hydrogens (tertiary/aromatic N) is 2. The summed E-state index contributed by atoms with van der Waals surface area (Å²) in [4.78, 5) is 3.91. The molecule has 0 radical (unpaired) electrons. The number of hydroxylamine groups is 2. The molecule has 0 fully saturated rings. The molecule has 0 bridgehead atoms. The van der Waals surface area contributed by atoms with Gasteiger partial charge in [-0.15, -0.1) is 4.94 Å². The Morgan fingerprint density at radius 2 is 1.57 bits per heavy atom. The molecule has 0 aliphatic heterocycles. The number of nitriles is 2. The van der Waals surface area contributed by atoms with Crippen molar-refractivity contribution < 1.29 is 4.94 Å². The summed E-state index contributed by atoms with van der Waals surface area (Å²) in [5.41, 5.74) is 3.44. The first-order valence-corrected chi connectivity index (χ1v) is 1.36. The van der Waals surface area contributed by atoms with E-state index >= 15 is 0 Å². The maximum Gasteiger partial charge on any atom is 0.204 e. The minimum absolute atomic E-state index is 1.42. The molecule has 5 nitrogen and oxygen atoms in total. The molecular weight excluding hydrogens is 96.0 g/mol. The van der Waals surface area contributed by atoms with Crippen molar-refractivity contribution in [2.45, 2.75) is 0 Å². The van der Waals surface area contributed by atoms with Gasteiger partial charge >= 0.3 is 0 Å². The molecule has 0 rings (SSSR count). The maximum absolute atomic E-state index is 7.66. The number of hydrogen-bond donors (Lipinski definition) is 2. The Bertz CT molecular complexity index is 93.8. The summed E-state index contributed by atoms with van der Waals surface area (Å²) in [6.45, 7) is 0. The minimum atomic E-state index is 1.42. The second-order valence-corrected chi connectivity index (χ2v) is 0.530. The van der Waals surface area contributed by atoms with E-state index in [9.17, 15) is 0 Å². The van der Waals surface area contributed by atoms with Crippen LogP contribution in [-0.2, 0) is 4.94 Å². The van der Waals surface area contributed by atoms with Crippen LogP contribution in [0.5, 0.6) is 0 Å². The molecule has 0 aliphatic rings. The van der Waals surface area contributed by atoms with E-state index in [4.69, 9.17) is 10.5 Å². The highest BCUT2D eigenvalue weighted by Gasteiger charge is 1.69. The van der Waals surface area contributed by atoms with Crippen molar-refractivity contribution in [1.29, 1.82) is 10.5 Å². The molecule has 0 aromatic carbocycles. The van der Waals surface area contributed by atoms with Gasteiger partial charge in [0.05, 0.1) is 0 Å². The van der Waals surface area contributed by atoms with Gasteiger partial charge in [-0.2, -0.15) is 21.5 Å². The molecule has 5 heteroatoms. The Morgan fingerprint density at radius 3 is 1.86 bits per heavy atom. The third kappa shape index (κ3) is 4.54. The van der Waals surface area contributed by atoms with Crippen LogP contribution in [0.3, 0.4) is 0 Å². The van der Waals surface area contributed by atoms with Crippen LogP contribution >= 0.6 is 0 Å². The molecule has 0 unspecified atom stereocenters. The third-order valence-electron chi connectivity index (χ3n) is 0.193. The van der Waals surface area contributed by atoms with Crippen LogP contribution in [0, 0.1) is 22.9 Å². The minimum Gasteiger partial charge on any atom is -0.175 e. The van der Waals surface area contributed by atoms with Crippen LogP contribution < -0.4 is 11.0 Å². The smallest absolute Gasteiger partial charge is 0.175 e. The summed E-state index contributed by atoms with van der Waals surface area (Å²) in [5, 5.41) is 15.3. The van der Waals surface area contributed by atoms with Crippen molar-refractivity contribution in [3.8, 4) is 12.4 Å². The Kier molecular flexibility index (Phi) is 3.59. The van der Waals surface area contributed by atoms with Gasteiger partial charge in [-0.25, -0.2) is 0 Å². The molecule has 0 amide bonds. The molecule has 0 aromatic rings. The van der Waals surface area contributed by atoms with Gasteiger partial charge in [0.25, 0.3) is 0 Å². The highest BCUT2D eigenvalue weighted by Crippen LogP contribution is 1.45. The predicted octanol–water partition coefficient (Wildman–Crippen LogP) is -1.03.